The number of hydrogen-bond acceptors (Lipinski definition) is 4. The van der Waals surface area contributed by atoms with Crippen molar-refractivity contribution in [3.05, 3.63) is 50.9 Å². The van der Waals surface area contributed by atoms with Crippen molar-refractivity contribution in [1.82, 2.24) is 9.55 Å². The minimum absolute atomic E-state index is 0.0748. The Kier molecular flexibility index (Phi) is 5.41. The number of aromatic nitrogens is 2. The van der Waals surface area contributed by atoms with Gasteiger partial charge >= 0.3 is 5.69 Å². The number of sulfonamides is 1. The second kappa shape index (κ2) is 7.46. The minimum atomic E-state index is -4.03. The summed E-state index contributed by atoms with van der Waals surface area (Å²) < 4.78 is 34.9. The van der Waals surface area contributed by atoms with Crippen molar-refractivity contribution in [2.75, 3.05) is 11.8 Å². The molecule has 10 heteroatoms. The number of aryl methyl sites for hydroxylation is 1. The molecule has 0 fully saturated rings. The van der Waals surface area contributed by atoms with E-state index in [1.807, 2.05) is 6.92 Å². The van der Waals surface area contributed by atoms with Gasteiger partial charge in [-0.2, -0.15) is 0 Å². The minimum Gasteiger partial charge on any atom is -0.494 e. The van der Waals surface area contributed by atoms with Crippen LogP contribution in [0.1, 0.15) is 13.3 Å². The fourth-order valence-electron chi connectivity index (χ4n) is 2.77. The molecule has 3 rings (SSSR count). The number of rotatable bonds is 6. The van der Waals surface area contributed by atoms with Crippen molar-refractivity contribution in [2.24, 2.45) is 0 Å². The summed E-state index contributed by atoms with van der Waals surface area (Å²) in [6, 6.07) is 7.46. The molecule has 0 bridgehead atoms. The van der Waals surface area contributed by atoms with Gasteiger partial charge in [-0.1, -0.05) is 36.2 Å². The van der Waals surface area contributed by atoms with Crippen LogP contribution in [-0.2, 0) is 16.6 Å². The molecular weight excluding hydrogens is 413 g/mol. The zero-order valence-corrected chi connectivity index (χ0v) is 16.9. The van der Waals surface area contributed by atoms with E-state index in [4.69, 9.17) is 27.9 Å². The quantitative estimate of drug-likeness (QED) is 0.621. The van der Waals surface area contributed by atoms with Gasteiger partial charge < -0.3 is 9.72 Å². The SMILES string of the molecule is CCCn1c(=O)[nH]c2cc(NS(=O)(=O)c3cccc(Cl)c3Cl)c(OC)cc21. The molecule has 2 N–H and O–H groups in total. The maximum absolute atomic E-state index is 12.8. The van der Waals surface area contributed by atoms with Crippen molar-refractivity contribution >= 4 is 49.9 Å². The zero-order valence-electron chi connectivity index (χ0n) is 14.5. The summed E-state index contributed by atoms with van der Waals surface area (Å²) in [7, 11) is -2.61. The third kappa shape index (κ3) is 3.65. The molecule has 0 unspecified atom stereocenters. The Bertz CT molecular complexity index is 1170. The highest BCUT2D eigenvalue weighted by molar-refractivity contribution is 7.92. The Morgan fingerprint density at radius 2 is 2.00 bits per heavy atom. The van der Waals surface area contributed by atoms with E-state index in [9.17, 15) is 13.2 Å². The summed E-state index contributed by atoms with van der Waals surface area (Å²) in [4.78, 5) is 14.7. The fraction of sp³-hybridized carbons (Fsp3) is 0.235. The van der Waals surface area contributed by atoms with E-state index < -0.39 is 10.0 Å². The van der Waals surface area contributed by atoms with Gasteiger partial charge in [-0.15, -0.1) is 0 Å². The lowest BCUT2D eigenvalue weighted by atomic mass is 10.2. The molecule has 0 atom stereocenters. The van der Waals surface area contributed by atoms with Crippen molar-refractivity contribution in [2.45, 2.75) is 24.8 Å². The fourth-order valence-corrected chi connectivity index (χ4v) is 4.59. The second-order valence-corrected chi connectivity index (χ2v) is 8.24. The number of fused-ring (bicyclic) bond motifs is 1. The first-order valence-electron chi connectivity index (χ1n) is 8.06. The van der Waals surface area contributed by atoms with E-state index in [1.54, 1.807) is 10.6 Å². The third-order valence-electron chi connectivity index (χ3n) is 3.99. The molecule has 0 aliphatic carbocycles. The number of methoxy groups -OCH3 is 1. The van der Waals surface area contributed by atoms with Gasteiger partial charge in [0.15, 0.2) is 0 Å². The molecule has 144 valence electrons. The first-order chi connectivity index (χ1) is 12.8. The monoisotopic (exact) mass is 429 g/mol. The van der Waals surface area contributed by atoms with Crippen LogP contribution in [0, 0.1) is 0 Å². The standard InChI is InChI=1S/C17H17Cl2N3O4S/c1-3-7-22-13-9-14(26-2)12(8-11(13)20-17(22)23)21-27(24,25)15-6-4-5-10(18)16(15)19/h4-6,8-9,21H,3,7H2,1-2H3,(H,20,23). The van der Waals surface area contributed by atoms with Crippen LogP contribution in [0.2, 0.25) is 10.0 Å². The summed E-state index contributed by atoms with van der Waals surface area (Å²) in [5.74, 6) is 0.271. The number of H-pyrrole nitrogens is 1. The number of aromatic amines is 1. The number of nitrogens with zero attached hydrogens (tertiary/aromatic N) is 1. The Labute approximate surface area is 165 Å². The van der Waals surface area contributed by atoms with Gasteiger partial charge in [-0.25, -0.2) is 13.2 Å². The Morgan fingerprint density at radius 3 is 2.67 bits per heavy atom. The lowest BCUT2D eigenvalue weighted by Crippen LogP contribution is -2.16. The van der Waals surface area contributed by atoms with Gasteiger partial charge in [-0.05, 0) is 24.6 Å². The van der Waals surface area contributed by atoms with E-state index in [1.165, 1.54) is 31.4 Å². The normalized spacial score (nSPS) is 11.7. The largest absolute Gasteiger partial charge is 0.494 e. The molecule has 3 aromatic rings. The number of imidazole rings is 1. The van der Waals surface area contributed by atoms with E-state index in [0.29, 0.717) is 17.6 Å². The topological polar surface area (TPSA) is 93.2 Å². The number of nitrogens with one attached hydrogen (secondary N) is 2. The lowest BCUT2D eigenvalue weighted by molar-refractivity contribution is 0.417. The van der Waals surface area contributed by atoms with Crippen LogP contribution in [0.4, 0.5) is 5.69 Å². The molecule has 0 aliphatic heterocycles. The Morgan fingerprint density at radius 1 is 1.26 bits per heavy atom. The van der Waals surface area contributed by atoms with Crippen molar-refractivity contribution < 1.29 is 13.2 Å². The van der Waals surface area contributed by atoms with E-state index in [0.717, 1.165) is 6.42 Å². The summed E-state index contributed by atoms with van der Waals surface area (Å²) in [5.41, 5.74) is 1.02. The summed E-state index contributed by atoms with van der Waals surface area (Å²) >= 11 is 12.0. The first-order valence-corrected chi connectivity index (χ1v) is 10.3. The number of ether oxygens (including phenoxy) is 1. The summed E-state index contributed by atoms with van der Waals surface area (Å²) in [6.45, 7) is 2.49. The highest BCUT2D eigenvalue weighted by atomic mass is 35.5. The van der Waals surface area contributed by atoms with E-state index >= 15 is 0 Å². The predicted molar refractivity (Wildman–Crippen MR) is 107 cm³/mol. The molecule has 7 nitrogen and oxygen atoms in total. The van der Waals surface area contributed by atoms with Crippen molar-refractivity contribution in [3.63, 3.8) is 0 Å². The van der Waals surface area contributed by atoms with Gasteiger partial charge in [0.05, 0.1) is 33.9 Å². The summed E-state index contributed by atoms with van der Waals surface area (Å²) in [6.07, 6.45) is 0.775. The van der Waals surface area contributed by atoms with Crippen LogP contribution >= 0.6 is 23.2 Å². The molecule has 0 spiro atoms. The van der Waals surface area contributed by atoms with Gasteiger partial charge in [0.25, 0.3) is 10.0 Å². The molecule has 0 radical (unpaired) electrons. The number of halogens is 2. The maximum Gasteiger partial charge on any atom is 0.326 e. The molecule has 1 aromatic heterocycles. The molecule has 0 amide bonds. The molecule has 2 aromatic carbocycles. The first kappa shape index (κ1) is 19.6. The molecular formula is C17H17Cl2N3O4S. The number of anilines is 1. The van der Waals surface area contributed by atoms with Crippen LogP contribution in [0.5, 0.6) is 5.75 Å². The molecule has 0 saturated carbocycles. The lowest BCUT2D eigenvalue weighted by Gasteiger charge is -2.14. The predicted octanol–water partition coefficient (Wildman–Crippen LogP) is 3.86. The highest BCUT2D eigenvalue weighted by Crippen LogP contribution is 2.34. The van der Waals surface area contributed by atoms with Crippen molar-refractivity contribution in [1.29, 1.82) is 0 Å². The zero-order chi connectivity index (χ0) is 19.8. The Balaban J connectivity index is 2.11. The maximum atomic E-state index is 12.8. The third-order valence-corrected chi connectivity index (χ3v) is 6.33. The number of benzene rings is 2. The van der Waals surface area contributed by atoms with Crippen LogP contribution in [0.3, 0.4) is 0 Å². The van der Waals surface area contributed by atoms with Gasteiger partial charge in [0, 0.05) is 12.6 Å². The van der Waals surface area contributed by atoms with Gasteiger partial charge in [-0.3, -0.25) is 9.29 Å². The Hall–Kier alpha value is -2.16. The van der Waals surface area contributed by atoms with Crippen LogP contribution in [-0.4, -0.2) is 25.1 Å². The molecule has 1 heterocycles. The summed E-state index contributed by atoms with van der Waals surface area (Å²) in [5, 5.41) is 0.0529. The highest BCUT2D eigenvalue weighted by Gasteiger charge is 2.22. The van der Waals surface area contributed by atoms with Crippen LogP contribution in [0.25, 0.3) is 11.0 Å². The van der Waals surface area contributed by atoms with Crippen LogP contribution < -0.4 is 15.1 Å². The average Bonchev–Trinajstić information content (AvgIpc) is 2.91. The van der Waals surface area contributed by atoms with Gasteiger partial charge in [0.2, 0.25) is 0 Å². The molecule has 27 heavy (non-hydrogen) atoms. The molecule has 0 aliphatic rings. The van der Waals surface area contributed by atoms with E-state index in [2.05, 4.69) is 9.71 Å². The molecule has 0 saturated heterocycles. The second-order valence-electron chi connectivity index (χ2n) is 5.81. The van der Waals surface area contributed by atoms with E-state index in [-0.39, 0.29) is 32.1 Å². The average molecular weight is 430 g/mol. The van der Waals surface area contributed by atoms with Crippen LogP contribution in [0.15, 0.2) is 40.0 Å². The number of hydrogen-bond donors (Lipinski definition) is 2. The van der Waals surface area contributed by atoms with Crippen molar-refractivity contribution in [3.8, 4) is 5.75 Å². The smallest absolute Gasteiger partial charge is 0.326 e. The van der Waals surface area contributed by atoms with Gasteiger partial charge in [0.1, 0.15) is 10.6 Å².